The molecule has 4 rings (SSSR count). The maximum absolute atomic E-state index is 13.0. The number of fused-ring (bicyclic) bond motifs is 1. The molecule has 1 aromatic carbocycles. The molecule has 0 atom stereocenters. The minimum Gasteiger partial charge on any atom is -0.497 e. The van der Waals surface area contributed by atoms with Crippen LogP contribution in [0.5, 0.6) is 5.75 Å². The summed E-state index contributed by atoms with van der Waals surface area (Å²) in [5.41, 5.74) is 2.74. The zero-order chi connectivity index (χ0) is 20.4. The highest BCUT2D eigenvalue weighted by atomic mass is 16.5. The normalized spacial score (nSPS) is 17.7. The molecule has 0 bridgehead atoms. The summed E-state index contributed by atoms with van der Waals surface area (Å²) in [4.78, 5) is 29.8. The van der Waals surface area contributed by atoms with Crippen molar-refractivity contribution in [2.24, 2.45) is 0 Å². The van der Waals surface area contributed by atoms with Gasteiger partial charge in [-0.2, -0.15) is 5.10 Å². The molecule has 2 aromatic rings. The molecular weight excluding hydrogens is 370 g/mol. The Morgan fingerprint density at radius 2 is 2.03 bits per heavy atom. The summed E-state index contributed by atoms with van der Waals surface area (Å²) in [5.74, 6) is 0.417. The van der Waals surface area contributed by atoms with Gasteiger partial charge in [-0.3, -0.25) is 14.7 Å². The van der Waals surface area contributed by atoms with Gasteiger partial charge in [0.05, 0.1) is 13.7 Å². The zero-order valence-corrected chi connectivity index (χ0v) is 16.9. The van der Waals surface area contributed by atoms with Crippen LogP contribution in [0, 0.1) is 0 Å². The Labute approximate surface area is 170 Å². The predicted octanol–water partition coefficient (Wildman–Crippen LogP) is 1.44. The highest BCUT2D eigenvalue weighted by molar-refractivity contribution is 5.96. The molecule has 8 nitrogen and oxygen atoms in total. The molecule has 1 fully saturated rings. The Balaban J connectivity index is 1.47. The molecule has 0 unspecified atom stereocenters. The summed E-state index contributed by atoms with van der Waals surface area (Å²) in [6, 6.07) is 7.31. The van der Waals surface area contributed by atoms with E-state index in [1.807, 2.05) is 6.07 Å². The van der Waals surface area contributed by atoms with Gasteiger partial charge in [0, 0.05) is 35.8 Å². The number of ether oxygens (including phenoxy) is 1. The van der Waals surface area contributed by atoms with E-state index in [9.17, 15) is 9.59 Å². The van der Waals surface area contributed by atoms with Crippen molar-refractivity contribution in [2.75, 3.05) is 33.8 Å². The van der Waals surface area contributed by atoms with Gasteiger partial charge in [-0.05, 0) is 51.2 Å². The number of hydrogen-bond acceptors (Lipinski definition) is 5. The Morgan fingerprint density at radius 1 is 1.24 bits per heavy atom. The summed E-state index contributed by atoms with van der Waals surface area (Å²) < 4.78 is 5.22. The monoisotopic (exact) mass is 397 g/mol. The number of amides is 2. The number of aromatic amines is 1. The summed E-state index contributed by atoms with van der Waals surface area (Å²) in [6.07, 6.45) is 2.53. The minimum atomic E-state index is -0.160. The number of methoxy groups -OCH3 is 1. The number of piperidine rings is 1. The molecule has 0 radical (unpaired) electrons. The van der Waals surface area contributed by atoms with E-state index in [-0.39, 0.29) is 17.9 Å². The van der Waals surface area contributed by atoms with Crippen LogP contribution in [-0.4, -0.2) is 71.6 Å². The van der Waals surface area contributed by atoms with Crippen LogP contribution < -0.4 is 10.1 Å². The van der Waals surface area contributed by atoms with E-state index in [1.54, 1.807) is 30.2 Å². The summed E-state index contributed by atoms with van der Waals surface area (Å²) in [7, 11) is 3.67. The van der Waals surface area contributed by atoms with Crippen molar-refractivity contribution in [1.29, 1.82) is 0 Å². The van der Waals surface area contributed by atoms with Crippen molar-refractivity contribution in [3.63, 3.8) is 0 Å². The smallest absolute Gasteiger partial charge is 0.272 e. The average Bonchev–Trinajstić information content (AvgIpc) is 3.18. The van der Waals surface area contributed by atoms with E-state index in [0.717, 1.165) is 37.2 Å². The third kappa shape index (κ3) is 4.12. The van der Waals surface area contributed by atoms with Crippen LogP contribution in [0.1, 0.15) is 44.9 Å². The molecule has 0 aliphatic carbocycles. The first-order valence-corrected chi connectivity index (χ1v) is 10.0. The second kappa shape index (κ2) is 8.24. The van der Waals surface area contributed by atoms with Gasteiger partial charge in [-0.15, -0.1) is 0 Å². The number of carbonyl (C=O) groups is 2. The second-order valence-corrected chi connectivity index (χ2v) is 7.79. The average molecular weight is 397 g/mol. The van der Waals surface area contributed by atoms with Gasteiger partial charge in [0.15, 0.2) is 5.69 Å². The molecule has 2 amide bonds. The summed E-state index contributed by atoms with van der Waals surface area (Å²) in [6.45, 7) is 2.91. The van der Waals surface area contributed by atoms with Gasteiger partial charge in [0.2, 0.25) is 0 Å². The van der Waals surface area contributed by atoms with Gasteiger partial charge in [0.25, 0.3) is 11.8 Å². The molecule has 0 saturated carbocycles. The number of rotatable bonds is 4. The molecule has 1 aromatic heterocycles. The van der Waals surface area contributed by atoms with Crippen LogP contribution in [-0.2, 0) is 13.0 Å². The van der Waals surface area contributed by atoms with Crippen molar-refractivity contribution in [3.8, 4) is 5.75 Å². The Hall–Kier alpha value is -2.87. The Kier molecular flexibility index (Phi) is 5.53. The van der Waals surface area contributed by atoms with Crippen LogP contribution in [0.4, 0.5) is 0 Å². The molecule has 29 heavy (non-hydrogen) atoms. The van der Waals surface area contributed by atoms with Gasteiger partial charge in [0.1, 0.15) is 5.75 Å². The van der Waals surface area contributed by atoms with E-state index in [4.69, 9.17) is 4.74 Å². The van der Waals surface area contributed by atoms with Crippen LogP contribution in [0.3, 0.4) is 0 Å². The van der Waals surface area contributed by atoms with Crippen LogP contribution in [0.25, 0.3) is 0 Å². The molecule has 0 spiro atoms. The maximum atomic E-state index is 13.0. The summed E-state index contributed by atoms with van der Waals surface area (Å²) >= 11 is 0. The fraction of sp³-hybridized carbons (Fsp3) is 0.476. The lowest BCUT2D eigenvalue weighted by Crippen LogP contribution is -2.44. The molecule has 2 aliphatic rings. The van der Waals surface area contributed by atoms with Crippen LogP contribution in [0.2, 0.25) is 0 Å². The lowest BCUT2D eigenvalue weighted by molar-refractivity contribution is 0.0730. The van der Waals surface area contributed by atoms with E-state index in [0.29, 0.717) is 36.5 Å². The number of hydrogen-bond donors (Lipinski definition) is 2. The second-order valence-electron chi connectivity index (χ2n) is 7.79. The topological polar surface area (TPSA) is 90.6 Å². The van der Waals surface area contributed by atoms with Crippen molar-refractivity contribution in [3.05, 3.63) is 46.8 Å². The quantitative estimate of drug-likeness (QED) is 0.815. The van der Waals surface area contributed by atoms with Crippen LogP contribution >= 0.6 is 0 Å². The maximum Gasteiger partial charge on any atom is 0.272 e. The van der Waals surface area contributed by atoms with Gasteiger partial charge < -0.3 is 19.9 Å². The van der Waals surface area contributed by atoms with Crippen molar-refractivity contribution < 1.29 is 14.3 Å². The number of nitrogens with zero attached hydrogens (tertiary/aromatic N) is 3. The largest absolute Gasteiger partial charge is 0.497 e. The van der Waals surface area contributed by atoms with Crippen molar-refractivity contribution >= 4 is 11.8 Å². The predicted molar refractivity (Wildman–Crippen MR) is 108 cm³/mol. The Morgan fingerprint density at radius 3 is 2.79 bits per heavy atom. The molecule has 1 saturated heterocycles. The first-order valence-electron chi connectivity index (χ1n) is 10.0. The lowest BCUT2D eigenvalue weighted by atomic mass is 10.0. The number of aromatic nitrogens is 2. The molecule has 2 N–H and O–H groups in total. The SMILES string of the molecule is COc1cccc(C(=O)N2CCc3[nH]nc(C(=O)NC4CCN(C)CC4)c3C2)c1. The van der Waals surface area contributed by atoms with Crippen molar-refractivity contribution in [2.45, 2.75) is 31.8 Å². The first-order chi connectivity index (χ1) is 14.0. The highest BCUT2D eigenvalue weighted by Gasteiger charge is 2.29. The minimum absolute atomic E-state index is 0.0718. The van der Waals surface area contributed by atoms with Gasteiger partial charge in [-0.1, -0.05) is 6.07 Å². The van der Waals surface area contributed by atoms with E-state index in [1.165, 1.54) is 0 Å². The standard InChI is InChI=1S/C21H27N5O3/c1-25-9-6-15(7-10-25)22-20(27)19-17-13-26(11-8-18(17)23-24-19)21(28)14-4-3-5-16(12-14)29-2/h3-5,12,15H,6-11,13H2,1-2H3,(H,22,27)(H,23,24). The molecule has 8 heteroatoms. The number of benzene rings is 1. The summed E-state index contributed by atoms with van der Waals surface area (Å²) in [5, 5.41) is 10.4. The van der Waals surface area contributed by atoms with Gasteiger partial charge in [-0.25, -0.2) is 0 Å². The third-order valence-electron chi connectivity index (χ3n) is 5.81. The third-order valence-corrected chi connectivity index (χ3v) is 5.81. The van der Waals surface area contributed by atoms with Crippen molar-refractivity contribution in [1.82, 2.24) is 25.3 Å². The number of nitrogens with one attached hydrogen (secondary N) is 2. The number of H-pyrrole nitrogens is 1. The van der Waals surface area contributed by atoms with E-state index in [2.05, 4.69) is 27.5 Å². The van der Waals surface area contributed by atoms with Gasteiger partial charge >= 0.3 is 0 Å². The molecule has 154 valence electrons. The van der Waals surface area contributed by atoms with E-state index >= 15 is 0 Å². The molecule has 3 heterocycles. The molecule has 2 aliphatic heterocycles. The zero-order valence-electron chi connectivity index (χ0n) is 16.9. The lowest BCUT2D eigenvalue weighted by Gasteiger charge is -2.30. The fourth-order valence-electron chi connectivity index (χ4n) is 4.00. The fourth-order valence-corrected chi connectivity index (χ4v) is 4.00. The highest BCUT2D eigenvalue weighted by Crippen LogP contribution is 2.23. The first kappa shape index (κ1) is 19.4. The van der Waals surface area contributed by atoms with Crippen LogP contribution in [0.15, 0.2) is 24.3 Å². The molecular formula is C21H27N5O3. The van der Waals surface area contributed by atoms with E-state index < -0.39 is 0 Å². The number of likely N-dealkylation sites (tertiary alicyclic amines) is 1. The number of carbonyl (C=O) groups excluding carboxylic acids is 2. The Bertz CT molecular complexity index is 901.